The minimum atomic E-state index is -0.0160. The first-order valence-electron chi connectivity index (χ1n) is 7.46. The van der Waals surface area contributed by atoms with Crippen LogP contribution in [0, 0.1) is 11.3 Å². The van der Waals surface area contributed by atoms with E-state index >= 15 is 0 Å². The predicted molar refractivity (Wildman–Crippen MR) is 83.6 cm³/mol. The molecule has 1 fully saturated rings. The Labute approximate surface area is 126 Å². The molecule has 0 bridgehead atoms. The SMILES string of the molecule is CC(C)(C)C1CCCN(c2cnc(C(N)=NO)cn2)CC1. The third-order valence-electron chi connectivity index (χ3n) is 4.29. The average molecular weight is 291 g/mol. The van der Waals surface area contributed by atoms with Crippen LogP contribution in [0.15, 0.2) is 17.5 Å². The van der Waals surface area contributed by atoms with Crippen LogP contribution in [0.1, 0.15) is 45.7 Å². The maximum absolute atomic E-state index is 8.63. The standard InChI is InChI=1S/C15H25N5O/c1-15(2,3)11-5-4-7-20(8-6-11)13-10-17-12(9-18-13)14(16)19-21/h9-11,21H,4-8H2,1-3H3,(H2,16,19). The summed E-state index contributed by atoms with van der Waals surface area (Å²) in [6.07, 6.45) is 6.86. The summed E-state index contributed by atoms with van der Waals surface area (Å²) in [4.78, 5) is 10.9. The van der Waals surface area contributed by atoms with Gasteiger partial charge in [0.25, 0.3) is 0 Å². The number of hydrogen-bond donors (Lipinski definition) is 2. The molecule has 1 atom stereocenters. The van der Waals surface area contributed by atoms with Gasteiger partial charge in [0, 0.05) is 13.1 Å². The molecule has 0 spiro atoms. The van der Waals surface area contributed by atoms with E-state index < -0.39 is 0 Å². The van der Waals surface area contributed by atoms with Crippen LogP contribution in [0.4, 0.5) is 5.82 Å². The van der Waals surface area contributed by atoms with E-state index in [0.717, 1.165) is 24.8 Å². The number of anilines is 1. The van der Waals surface area contributed by atoms with Crippen molar-refractivity contribution < 1.29 is 5.21 Å². The van der Waals surface area contributed by atoms with Crippen LogP contribution < -0.4 is 10.6 Å². The molecule has 0 saturated carbocycles. The van der Waals surface area contributed by atoms with Crippen LogP contribution in [0.5, 0.6) is 0 Å². The molecule has 0 aromatic carbocycles. The molecule has 1 aliphatic heterocycles. The van der Waals surface area contributed by atoms with Crippen molar-refractivity contribution in [2.75, 3.05) is 18.0 Å². The zero-order valence-corrected chi connectivity index (χ0v) is 13.1. The highest BCUT2D eigenvalue weighted by atomic mass is 16.4. The van der Waals surface area contributed by atoms with Crippen LogP contribution >= 0.6 is 0 Å². The second-order valence-corrected chi connectivity index (χ2v) is 6.73. The molecule has 0 aliphatic carbocycles. The molecule has 21 heavy (non-hydrogen) atoms. The summed E-state index contributed by atoms with van der Waals surface area (Å²) >= 11 is 0. The fourth-order valence-electron chi connectivity index (χ4n) is 2.86. The molecule has 1 saturated heterocycles. The molecule has 0 radical (unpaired) electrons. The van der Waals surface area contributed by atoms with Crippen molar-refractivity contribution in [2.24, 2.45) is 22.2 Å². The van der Waals surface area contributed by atoms with Crippen LogP contribution in [-0.4, -0.2) is 34.1 Å². The highest BCUT2D eigenvalue weighted by Gasteiger charge is 2.27. The molecular weight excluding hydrogens is 266 g/mol. The number of amidine groups is 1. The van der Waals surface area contributed by atoms with Gasteiger partial charge in [0.1, 0.15) is 11.5 Å². The highest BCUT2D eigenvalue weighted by molar-refractivity contribution is 5.94. The van der Waals surface area contributed by atoms with Crippen LogP contribution in [0.3, 0.4) is 0 Å². The number of rotatable bonds is 2. The minimum absolute atomic E-state index is 0.0160. The van der Waals surface area contributed by atoms with Gasteiger partial charge < -0.3 is 15.8 Å². The van der Waals surface area contributed by atoms with E-state index in [9.17, 15) is 0 Å². The maximum Gasteiger partial charge on any atom is 0.190 e. The van der Waals surface area contributed by atoms with Gasteiger partial charge in [-0.15, -0.1) is 0 Å². The molecular formula is C15H25N5O. The van der Waals surface area contributed by atoms with E-state index in [4.69, 9.17) is 10.9 Å². The third-order valence-corrected chi connectivity index (χ3v) is 4.29. The van der Waals surface area contributed by atoms with Gasteiger partial charge in [-0.05, 0) is 30.6 Å². The lowest BCUT2D eigenvalue weighted by molar-refractivity contribution is 0.220. The van der Waals surface area contributed by atoms with Crippen molar-refractivity contribution in [2.45, 2.75) is 40.0 Å². The smallest absolute Gasteiger partial charge is 0.190 e. The topological polar surface area (TPSA) is 87.6 Å². The molecule has 1 aromatic heterocycles. The maximum atomic E-state index is 8.63. The Morgan fingerprint density at radius 3 is 2.62 bits per heavy atom. The van der Waals surface area contributed by atoms with Gasteiger partial charge in [-0.3, -0.25) is 0 Å². The van der Waals surface area contributed by atoms with Crippen molar-refractivity contribution in [3.63, 3.8) is 0 Å². The molecule has 116 valence electrons. The predicted octanol–water partition coefficient (Wildman–Crippen LogP) is 2.22. The van der Waals surface area contributed by atoms with E-state index in [-0.39, 0.29) is 5.84 Å². The number of aromatic nitrogens is 2. The zero-order chi connectivity index (χ0) is 15.5. The monoisotopic (exact) mass is 291 g/mol. The van der Waals surface area contributed by atoms with Crippen LogP contribution in [0.2, 0.25) is 0 Å². The molecule has 6 heteroatoms. The Bertz CT molecular complexity index is 492. The van der Waals surface area contributed by atoms with Gasteiger partial charge >= 0.3 is 0 Å². The van der Waals surface area contributed by atoms with E-state index in [2.05, 4.69) is 40.8 Å². The van der Waals surface area contributed by atoms with E-state index in [1.165, 1.54) is 19.3 Å². The number of nitrogens with zero attached hydrogens (tertiary/aromatic N) is 4. The van der Waals surface area contributed by atoms with E-state index in [1.807, 2.05) is 0 Å². The Hall–Kier alpha value is -1.85. The summed E-state index contributed by atoms with van der Waals surface area (Å²) in [6, 6.07) is 0. The fourth-order valence-corrected chi connectivity index (χ4v) is 2.86. The van der Waals surface area contributed by atoms with Gasteiger partial charge in [0.2, 0.25) is 0 Å². The van der Waals surface area contributed by atoms with Crippen molar-refractivity contribution >= 4 is 11.7 Å². The van der Waals surface area contributed by atoms with Gasteiger partial charge in [-0.2, -0.15) is 0 Å². The molecule has 2 heterocycles. The molecule has 1 unspecified atom stereocenters. The molecule has 3 N–H and O–H groups in total. The summed E-state index contributed by atoms with van der Waals surface area (Å²) in [5.74, 6) is 1.59. The second kappa shape index (κ2) is 6.28. The Morgan fingerprint density at radius 2 is 2.05 bits per heavy atom. The Balaban J connectivity index is 2.06. The van der Waals surface area contributed by atoms with Crippen molar-refractivity contribution in [1.82, 2.24) is 9.97 Å². The van der Waals surface area contributed by atoms with Crippen LogP contribution in [0.25, 0.3) is 0 Å². The largest absolute Gasteiger partial charge is 0.409 e. The summed E-state index contributed by atoms with van der Waals surface area (Å²) in [5.41, 5.74) is 6.25. The Kier molecular flexibility index (Phi) is 4.65. The number of oxime groups is 1. The van der Waals surface area contributed by atoms with E-state index in [1.54, 1.807) is 12.4 Å². The lowest BCUT2D eigenvalue weighted by Gasteiger charge is -2.29. The number of nitrogens with two attached hydrogens (primary N) is 1. The number of hydrogen-bond acceptors (Lipinski definition) is 5. The van der Waals surface area contributed by atoms with E-state index in [0.29, 0.717) is 11.1 Å². The lowest BCUT2D eigenvalue weighted by Crippen LogP contribution is -2.27. The summed E-state index contributed by atoms with van der Waals surface area (Å²) in [6.45, 7) is 8.96. The molecule has 0 amide bonds. The third kappa shape index (κ3) is 3.83. The molecule has 1 aliphatic rings. The fraction of sp³-hybridized carbons (Fsp3) is 0.667. The normalized spacial score (nSPS) is 21.2. The van der Waals surface area contributed by atoms with Crippen molar-refractivity contribution in [1.29, 1.82) is 0 Å². The van der Waals surface area contributed by atoms with Gasteiger partial charge in [0.05, 0.1) is 12.4 Å². The quantitative estimate of drug-likeness (QED) is 0.377. The Morgan fingerprint density at radius 1 is 1.29 bits per heavy atom. The molecule has 2 rings (SSSR count). The van der Waals surface area contributed by atoms with Gasteiger partial charge in [-0.1, -0.05) is 25.9 Å². The first-order valence-corrected chi connectivity index (χ1v) is 7.46. The van der Waals surface area contributed by atoms with Crippen LogP contribution in [-0.2, 0) is 0 Å². The second-order valence-electron chi connectivity index (χ2n) is 6.73. The van der Waals surface area contributed by atoms with Crippen molar-refractivity contribution in [3.8, 4) is 0 Å². The first kappa shape index (κ1) is 15.5. The first-order chi connectivity index (χ1) is 9.91. The lowest BCUT2D eigenvalue weighted by atomic mass is 9.77. The van der Waals surface area contributed by atoms with Crippen molar-refractivity contribution in [3.05, 3.63) is 18.1 Å². The summed E-state index contributed by atoms with van der Waals surface area (Å²) < 4.78 is 0. The summed E-state index contributed by atoms with van der Waals surface area (Å²) in [5, 5.41) is 11.6. The zero-order valence-electron chi connectivity index (χ0n) is 13.1. The molecule has 6 nitrogen and oxygen atoms in total. The van der Waals surface area contributed by atoms with Gasteiger partial charge in [0.15, 0.2) is 5.84 Å². The minimum Gasteiger partial charge on any atom is -0.409 e. The average Bonchev–Trinajstić information content (AvgIpc) is 2.72. The highest BCUT2D eigenvalue weighted by Crippen LogP contribution is 2.34. The molecule has 1 aromatic rings. The van der Waals surface area contributed by atoms with Gasteiger partial charge in [-0.25, -0.2) is 9.97 Å². The summed E-state index contributed by atoms with van der Waals surface area (Å²) in [7, 11) is 0.